The zero-order chi connectivity index (χ0) is 25.9. The number of aromatic amines is 1. The molecular weight excluding hydrogens is 516 g/mol. The molecule has 0 spiro atoms. The first-order valence-electron chi connectivity index (χ1n) is 11.5. The quantitative estimate of drug-likeness (QED) is 0.290. The minimum absolute atomic E-state index is 0. The molecule has 0 bridgehead atoms. The number of amides is 1. The van der Waals surface area contributed by atoms with Gasteiger partial charge < -0.3 is 20.3 Å². The van der Waals surface area contributed by atoms with Crippen LogP contribution in [0.4, 0.5) is 0 Å². The maximum atomic E-state index is 13.4. The van der Waals surface area contributed by atoms with Crippen LogP contribution in [0.2, 0.25) is 0 Å². The molecule has 4 rings (SSSR count). The molecule has 1 aromatic carbocycles. The Morgan fingerprint density at radius 3 is 2.65 bits per heavy atom. The minimum Gasteiger partial charge on any atom is -0.494 e. The Morgan fingerprint density at radius 2 is 2.03 bits per heavy atom. The van der Waals surface area contributed by atoms with Gasteiger partial charge in [-0.1, -0.05) is 6.08 Å². The molecule has 37 heavy (non-hydrogen) atoms. The number of H-pyrrole nitrogens is 1. The Hall–Kier alpha value is -3.43. The Balaban J connectivity index is 0.00000380. The van der Waals surface area contributed by atoms with E-state index in [2.05, 4.69) is 26.8 Å². The lowest BCUT2D eigenvalue weighted by Crippen LogP contribution is -2.50. The number of hydrogen-bond acceptors (Lipinski definition) is 8. The summed E-state index contributed by atoms with van der Waals surface area (Å²) in [7, 11) is -1.75. The van der Waals surface area contributed by atoms with Crippen molar-refractivity contribution in [2.75, 3.05) is 39.8 Å². The number of sulfone groups is 1. The number of fused-ring (bicyclic) bond motifs is 1. The third-order valence-electron chi connectivity index (χ3n) is 6.30. The molecule has 0 aliphatic carbocycles. The van der Waals surface area contributed by atoms with Crippen molar-refractivity contribution in [2.45, 2.75) is 16.7 Å². The molecule has 196 valence electrons. The fraction of sp³-hybridized carbons (Fsp3) is 0.320. The van der Waals surface area contributed by atoms with E-state index in [0.717, 1.165) is 13.1 Å². The Morgan fingerprint density at radius 1 is 1.30 bits per heavy atom. The van der Waals surface area contributed by atoms with Crippen molar-refractivity contribution in [1.82, 2.24) is 25.1 Å². The van der Waals surface area contributed by atoms with Crippen LogP contribution in [-0.4, -0.2) is 84.3 Å². The molecule has 0 radical (unpaired) electrons. The first-order chi connectivity index (χ1) is 17.3. The molecule has 1 atom stereocenters. The number of nitrogens with one attached hydrogen (secondary N) is 2. The molecule has 3 N–H and O–H groups in total. The Bertz CT molecular complexity index is 1420. The van der Waals surface area contributed by atoms with E-state index in [1.54, 1.807) is 24.3 Å². The summed E-state index contributed by atoms with van der Waals surface area (Å²) in [4.78, 5) is 23.7. The first kappa shape index (κ1) is 28.1. The summed E-state index contributed by atoms with van der Waals surface area (Å²) < 4.78 is 26.7. The number of pyridine rings is 1. The number of piperazine rings is 1. The third kappa shape index (κ3) is 5.78. The standard InChI is InChI=1S/C25H28N6O4S.ClH/c1-3-22(31-13-11-30(2)12-14-31)36(34,35)18-6-8-21(28-16-18)23-19-15-17(24(32)27-10-4-9-26)5-7-20(19)29-25(23)33;/h3,5-8,15-16,22,29,33H,1,4,10-14H2,2H3,(H,27,32);1H. The highest BCUT2D eigenvalue weighted by Crippen LogP contribution is 2.36. The summed E-state index contributed by atoms with van der Waals surface area (Å²) in [5.41, 5.74) is 1.67. The molecule has 1 aliphatic rings. The highest BCUT2D eigenvalue weighted by atomic mass is 35.5. The fourth-order valence-corrected chi connectivity index (χ4v) is 5.89. The van der Waals surface area contributed by atoms with Crippen LogP contribution in [0.3, 0.4) is 0 Å². The number of halogens is 1. The van der Waals surface area contributed by atoms with Crippen molar-refractivity contribution in [1.29, 1.82) is 5.26 Å². The summed E-state index contributed by atoms with van der Waals surface area (Å²) in [5.74, 6) is -0.482. The summed E-state index contributed by atoms with van der Waals surface area (Å²) in [6, 6.07) is 9.88. The van der Waals surface area contributed by atoms with Crippen LogP contribution in [0.25, 0.3) is 22.2 Å². The maximum Gasteiger partial charge on any atom is 0.251 e. The van der Waals surface area contributed by atoms with Gasteiger partial charge in [0.05, 0.1) is 28.6 Å². The second-order valence-electron chi connectivity index (χ2n) is 8.66. The van der Waals surface area contributed by atoms with Gasteiger partial charge in [-0.2, -0.15) is 5.26 Å². The molecule has 12 heteroatoms. The molecule has 10 nitrogen and oxygen atoms in total. The van der Waals surface area contributed by atoms with Gasteiger partial charge in [0.25, 0.3) is 5.91 Å². The van der Waals surface area contributed by atoms with Crippen LogP contribution in [0.1, 0.15) is 16.8 Å². The second-order valence-corrected chi connectivity index (χ2v) is 10.7. The van der Waals surface area contributed by atoms with Crippen molar-refractivity contribution in [3.8, 4) is 23.2 Å². The first-order valence-corrected chi connectivity index (χ1v) is 13.1. The van der Waals surface area contributed by atoms with Crippen LogP contribution < -0.4 is 5.32 Å². The number of hydrogen-bond donors (Lipinski definition) is 3. The van der Waals surface area contributed by atoms with Gasteiger partial charge in [0.1, 0.15) is 5.37 Å². The predicted molar refractivity (Wildman–Crippen MR) is 143 cm³/mol. The number of aromatic hydroxyl groups is 1. The van der Waals surface area contributed by atoms with Gasteiger partial charge in [-0.25, -0.2) is 8.42 Å². The van der Waals surface area contributed by atoms with E-state index in [1.165, 1.54) is 18.3 Å². The zero-order valence-electron chi connectivity index (χ0n) is 20.3. The van der Waals surface area contributed by atoms with Gasteiger partial charge >= 0.3 is 0 Å². The average Bonchev–Trinajstić information content (AvgIpc) is 3.20. The highest BCUT2D eigenvalue weighted by molar-refractivity contribution is 7.92. The monoisotopic (exact) mass is 544 g/mol. The largest absolute Gasteiger partial charge is 0.494 e. The van der Waals surface area contributed by atoms with E-state index in [4.69, 9.17) is 5.26 Å². The van der Waals surface area contributed by atoms with E-state index >= 15 is 0 Å². The molecular formula is C25H29ClN6O4S. The number of aromatic nitrogens is 2. The summed E-state index contributed by atoms with van der Waals surface area (Å²) in [5, 5.41) is 21.6. The topological polar surface area (TPSA) is 142 Å². The normalized spacial score (nSPS) is 15.5. The number of nitrogens with zero attached hydrogens (tertiary/aromatic N) is 4. The van der Waals surface area contributed by atoms with Crippen molar-refractivity contribution in [3.63, 3.8) is 0 Å². The molecule has 1 saturated heterocycles. The van der Waals surface area contributed by atoms with Gasteiger partial charge in [0.15, 0.2) is 15.7 Å². The Labute approximate surface area is 221 Å². The zero-order valence-corrected chi connectivity index (χ0v) is 22.0. The van der Waals surface area contributed by atoms with E-state index < -0.39 is 15.2 Å². The molecule has 3 heterocycles. The predicted octanol–water partition coefficient (Wildman–Crippen LogP) is 2.53. The van der Waals surface area contributed by atoms with Crippen molar-refractivity contribution >= 4 is 39.1 Å². The van der Waals surface area contributed by atoms with Crippen LogP contribution in [-0.2, 0) is 9.84 Å². The number of likely N-dealkylation sites (N-methyl/N-ethyl adjacent to an activating group) is 1. The van der Waals surface area contributed by atoms with Crippen LogP contribution in [0, 0.1) is 11.3 Å². The second kappa shape index (κ2) is 11.7. The van der Waals surface area contributed by atoms with Gasteiger partial charge in [0.2, 0.25) is 0 Å². The average molecular weight is 545 g/mol. The van der Waals surface area contributed by atoms with Crippen molar-refractivity contribution in [2.24, 2.45) is 0 Å². The van der Waals surface area contributed by atoms with Crippen LogP contribution in [0.15, 0.2) is 54.1 Å². The molecule has 1 fully saturated rings. The number of nitriles is 1. The van der Waals surface area contributed by atoms with E-state index in [-0.39, 0.29) is 42.1 Å². The molecule has 1 aliphatic heterocycles. The number of carbonyl (C=O) groups is 1. The van der Waals surface area contributed by atoms with Gasteiger partial charge in [-0.3, -0.25) is 14.7 Å². The van der Waals surface area contributed by atoms with Gasteiger partial charge in [-0.15, -0.1) is 19.0 Å². The van der Waals surface area contributed by atoms with E-state index in [9.17, 15) is 18.3 Å². The summed E-state index contributed by atoms with van der Waals surface area (Å²) >= 11 is 0. The van der Waals surface area contributed by atoms with Gasteiger partial charge in [0, 0.05) is 55.4 Å². The molecule has 1 amide bonds. The highest BCUT2D eigenvalue weighted by Gasteiger charge is 2.32. The minimum atomic E-state index is -3.75. The summed E-state index contributed by atoms with van der Waals surface area (Å²) in [6.07, 6.45) is 2.93. The molecule has 0 saturated carbocycles. The lowest BCUT2D eigenvalue weighted by atomic mass is 10.1. The van der Waals surface area contributed by atoms with E-state index in [1.807, 2.05) is 18.0 Å². The van der Waals surface area contributed by atoms with Crippen molar-refractivity contribution < 1.29 is 18.3 Å². The molecule has 3 aromatic rings. The maximum absolute atomic E-state index is 13.4. The Kier molecular flexibility index (Phi) is 8.94. The van der Waals surface area contributed by atoms with Crippen molar-refractivity contribution in [3.05, 3.63) is 54.7 Å². The third-order valence-corrected chi connectivity index (χ3v) is 8.33. The van der Waals surface area contributed by atoms with Gasteiger partial charge in [-0.05, 0) is 37.4 Å². The number of benzene rings is 1. The van der Waals surface area contributed by atoms with Crippen LogP contribution in [0.5, 0.6) is 5.88 Å². The lowest BCUT2D eigenvalue weighted by Gasteiger charge is -2.36. The number of carbonyl (C=O) groups excluding carboxylic acids is 1. The lowest BCUT2D eigenvalue weighted by molar-refractivity contribution is 0.0954. The number of rotatable bonds is 8. The summed E-state index contributed by atoms with van der Waals surface area (Å²) in [6.45, 7) is 6.77. The molecule has 2 aromatic heterocycles. The van der Waals surface area contributed by atoms with E-state index in [0.29, 0.717) is 40.8 Å². The molecule has 1 unspecified atom stereocenters. The fourth-order valence-electron chi connectivity index (χ4n) is 4.30. The van der Waals surface area contributed by atoms with Crippen LogP contribution >= 0.6 is 12.4 Å². The smallest absolute Gasteiger partial charge is 0.251 e. The SMILES string of the molecule is C=CC(N1CCN(C)CC1)S(=O)(=O)c1ccc(-c2c(O)[nH]c3ccc(C(=O)NCCC#N)cc23)nc1.Cl.